The molecule has 0 radical (unpaired) electrons. The smallest absolute Gasteiger partial charge is 0.178 e. The molecule has 0 spiro atoms. The molecule has 0 saturated carbocycles. The Kier molecular flexibility index (Phi) is 4.47. The topological polar surface area (TPSA) is 46.2 Å². The average molecular weight is 317 g/mol. The number of halogens is 1. The van der Waals surface area contributed by atoms with Crippen molar-refractivity contribution in [3.8, 4) is 0 Å². The summed E-state index contributed by atoms with van der Waals surface area (Å²) in [6.45, 7) is 4.99. The fraction of sp³-hybridized carbons (Fsp3) is 0.571. The van der Waals surface area contributed by atoms with E-state index in [4.69, 9.17) is 0 Å². The Morgan fingerprint density at radius 2 is 2.15 bits per heavy atom. The monoisotopic (exact) mass is 317 g/mol. The molecule has 3 nitrogen and oxygen atoms in total. The summed E-state index contributed by atoms with van der Waals surface area (Å²) in [6, 6.07) is 3.84. The van der Waals surface area contributed by atoms with Crippen LogP contribution in [0, 0.1) is 5.82 Å². The Hall–Kier alpha value is -0.590. The van der Waals surface area contributed by atoms with Crippen LogP contribution < -0.4 is 5.32 Å². The van der Waals surface area contributed by atoms with E-state index in [9.17, 15) is 12.8 Å². The fourth-order valence-corrected chi connectivity index (χ4v) is 4.10. The predicted octanol–water partition coefficient (Wildman–Crippen LogP) is 2.78. The van der Waals surface area contributed by atoms with E-state index in [0.29, 0.717) is 12.0 Å². The van der Waals surface area contributed by atoms with Crippen molar-refractivity contribution >= 4 is 21.6 Å². The second-order valence-corrected chi connectivity index (χ2v) is 9.28. The van der Waals surface area contributed by atoms with Gasteiger partial charge in [-0.1, -0.05) is 0 Å². The Bertz CT molecular complexity index is 599. The molecule has 1 unspecified atom stereocenters. The molecule has 1 aliphatic heterocycles. The molecule has 112 valence electrons. The third-order valence-corrected chi connectivity index (χ3v) is 6.75. The molecule has 2 rings (SSSR count). The lowest BCUT2D eigenvalue weighted by atomic mass is 10.0. The third kappa shape index (κ3) is 3.35. The highest BCUT2D eigenvalue weighted by Crippen LogP contribution is 2.33. The zero-order chi connectivity index (χ0) is 15.0. The van der Waals surface area contributed by atoms with Crippen LogP contribution in [0.15, 0.2) is 23.1 Å². The van der Waals surface area contributed by atoms with E-state index in [1.807, 2.05) is 6.26 Å². The van der Waals surface area contributed by atoms with E-state index in [1.54, 1.807) is 11.8 Å². The first-order valence-electron chi connectivity index (χ1n) is 6.56. The Labute approximate surface area is 124 Å². The second kappa shape index (κ2) is 5.66. The van der Waals surface area contributed by atoms with Crippen molar-refractivity contribution in [3.63, 3.8) is 0 Å². The molecule has 1 aromatic carbocycles. The second-order valence-electron chi connectivity index (χ2n) is 5.69. The molecule has 1 atom stereocenters. The number of benzene rings is 1. The number of thioether (sulfide) groups is 1. The first-order chi connectivity index (χ1) is 9.25. The zero-order valence-electron chi connectivity index (χ0n) is 11.9. The third-order valence-electron chi connectivity index (χ3n) is 3.68. The molecular weight excluding hydrogens is 297 g/mol. The molecule has 0 aromatic heterocycles. The minimum Gasteiger partial charge on any atom is -0.309 e. The van der Waals surface area contributed by atoms with Gasteiger partial charge in [0.15, 0.2) is 9.84 Å². The maximum atomic E-state index is 13.4. The maximum absolute atomic E-state index is 13.4. The van der Waals surface area contributed by atoms with Crippen molar-refractivity contribution in [1.82, 2.24) is 5.32 Å². The van der Waals surface area contributed by atoms with Crippen LogP contribution in [0.25, 0.3) is 0 Å². The number of hydrogen-bond donors (Lipinski definition) is 1. The van der Waals surface area contributed by atoms with Crippen molar-refractivity contribution in [2.24, 2.45) is 0 Å². The molecule has 0 aliphatic carbocycles. The average Bonchev–Trinajstić information content (AvgIpc) is 2.37. The highest BCUT2D eigenvalue weighted by atomic mass is 32.2. The van der Waals surface area contributed by atoms with Crippen LogP contribution in [0.2, 0.25) is 0 Å². The van der Waals surface area contributed by atoms with Gasteiger partial charge in [0.1, 0.15) is 5.82 Å². The summed E-state index contributed by atoms with van der Waals surface area (Å²) in [5, 5.41) is 3.38. The maximum Gasteiger partial charge on any atom is 0.178 e. The van der Waals surface area contributed by atoms with Gasteiger partial charge in [-0.05, 0) is 50.3 Å². The number of nitrogens with one attached hydrogen (secondary N) is 1. The fourth-order valence-electron chi connectivity index (χ4n) is 2.27. The van der Waals surface area contributed by atoms with Crippen molar-refractivity contribution in [1.29, 1.82) is 0 Å². The molecule has 0 fully saturated rings. The van der Waals surface area contributed by atoms with Gasteiger partial charge in [-0.3, -0.25) is 0 Å². The van der Waals surface area contributed by atoms with Crippen LogP contribution >= 0.6 is 11.8 Å². The quantitative estimate of drug-likeness (QED) is 0.868. The van der Waals surface area contributed by atoms with Gasteiger partial charge in [0, 0.05) is 17.3 Å². The molecule has 1 aromatic rings. The van der Waals surface area contributed by atoms with E-state index in [0.717, 1.165) is 6.54 Å². The van der Waals surface area contributed by atoms with Crippen LogP contribution in [0.1, 0.15) is 31.9 Å². The summed E-state index contributed by atoms with van der Waals surface area (Å²) in [7, 11) is -3.26. The molecule has 20 heavy (non-hydrogen) atoms. The Balaban J connectivity index is 2.28. The van der Waals surface area contributed by atoms with Gasteiger partial charge in [-0.2, -0.15) is 11.8 Å². The molecule has 0 bridgehead atoms. The summed E-state index contributed by atoms with van der Waals surface area (Å²) >= 11 is 1.75. The van der Waals surface area contributed by atoms with Gasteiger partial charge in [0.25, 0.3) is 0 Å². The first-order valence-corrected chi connectivity index (χ1v) is 9.44. The van der Waals surface area contributed by atoms with Crippen molar-refractivity contribution in [3.05, 3.63) is 29.6 Å². The summed E-state index contributed by atoms with van der Waals surface area (Å²) in [6.07, 6.45) is 2.53. The lowest BCUT2D eigenvalue weighted by molar-refractivity contribution is 0.464. The van der Waals surface area contributed by atoms with E-state index < -0.39 is 15.7 Å². The van der Waals surface area contributed by atoms with Crippen molar-refractivity contribution in [2.45, 2.75) is 36.0 Å². The Morgan fingerprint density at radius 1 is 1.45 bits per heavy atom. The van der Waals surface area contributed by atoms with Crippen LogP contribution in [0.4, 0.5) is 4.39 Å². The molecule has 0 amide bonds. The number of hydrogen-bond acceptors (Lipinski definition) is 4. The molecular formula is C14H20FNO2S2. The van der Waals surface area contributed by atoms with E-state index in [2.05, 4.69) is 19.2 Å². The van der Waals surface area contributed by atoms with Gasteiger partial charge in [-0.15, -0.1) is 0 Å². The van der Waals surface area contributed by atoms with E-state index in [-0.39, 0.29) is 21.4 Å². The van der Waals surface area contributed by atoms with Gasteiger partial charge in [0.05, 0.1) is 10.6 Å². The normalized spacial score (nSPS) is 21.5. The lowest BCUT2D eigenvalue weighted by Gasteiger charge is -2.30. The van der Waals surface area contributed by atoms with Crippen LogP contribution in [-0.2, 0) is 9.84 Å². The zero-order valence-corrected chi connectivity index (χ0v) is 13.6. The molecule has 0 saturated heterocycles. The van der Waals surface area contributed by atoms with Crippen LogP contribution in [0.3, 0.4) is 0 Å². The largest absolute Gasteiger partial charge is 0.309 e. The number of rotatable bonds is 4. The molecule has 1 aliphatic rings. The van der Waals surface area contributed by atoms with E-state index in [1.165, 1.54) is 18.2 Å². The highest BCUT2D eigenvalue weighted by molar-refractivity contribution is 7.99. The minimum absolute atomic E-state index is 0.0593. The van der Waals surface area contributed by atoms with Gasteiger partial charge < -0.3 is 5.32 Å². The lowest BCUT2D eigenvalue weighted by Crippen LogP contribution is -2.37. The van der Waals surface area contributed by atoms with Crippen molar-refractivity contribution < 1.29 is 12.8 Å². The van der Waals surface area contributed by atoms with Crippen LogP contribution in [-0.4, -0.2) is 31.7 Å². The summed E-state index contributed by atoms with van der Waals surface area (Å²) < 4.78 is 37.6. The predicted molar refractivity (Wildman–Crippen MR) is 81.4 cm³/mol. The molecule has 6 heteroatoms. The summed E-state index contributed by atoms with van der Waals surface area (Å²) in [5.41, 5.74) is 0.563. The summed E-state index contributed by atoms with van der Waals surface area (Å²) in [5.74, 6) is -0.278. The van der Waals surface area contributed by atoms with Crippen LogP contribution in [0.5, 0.6) is 0 Å². The minimum atomic E-state index is -3.26. The van der Waals surface area contributed by atoms with Gasteiger partial charge in [0.2, 0.25) is 0 Å². The summed E-state index contributed by atoms with van der Waals surface area (Å²) in [4.78, 5) is 0.268. The highest BCUT2D eigenvalue weighted by Gasteiger charge is 2.31. The van der Waals surface area contributed by atoms with Gasteiger partial charge >= 0.3 is 0 Å². The molecule has 1 N–H and O–H groups in total. The Morgan fingerprint density at radius 3 is 2.80 bits per heavy atom. The van der Waals surface area contributed by atoms with E-state index >= 15 is 0 Å². The molecule has 1 heterocycles. The van der Waals surface area contributed by atoms with Gasteiger partial charge in [-0.25, -0.2) is 12.8 Å². The SMILES string of the molecule is CSC(C)(C)CNC1CCS(=O)(=O)c2ccc(F)cc21. The van der Waals surface area contributed by atoms with Crippen molar-refractivity contribution in [2.75, 3.05) is 18.6 Å². The number of sulfone groups is 1. The standard InChI is InChI=1S/C14H20FNO2S2/c1-14(2,19-3)9-16-12-6-7-20(17,18)13-5-4-10(15)8-11(12)13/h4-5,8,12,16H,6-7,9H2,1-3H3. The first kappa shape index (κ1) is 15.8. The number of fused-ring (bicyclic) bond motifs is 1.